The first-order valence-electron chi connectivity index (χ1n) is 12.7. The summed E-state index contributed by atoms with van der Waals surface area (Å²) in [5, 5.41) is 0. The largest absolute Gasteiger partial charge is 0.722 e. The van der Waals surface area contributed by atoms with Crippen molar-refractivity contribution >= 4 is 38.4 Å². The van der Waals surface area contributed by atoms with Gasteiger partial charge in [-0.05, 0) is 35.7 Å². The second-order valence-corrected chi connectivity index (χ2v) is 13.0. The van der Waals surface area contributed by atoms with Gasteiger partial charge in [-0.1, -0.05) is 94.9 Å². The van der Waals surface area contributed by atoms with Crippen LogP contribution in [-0.2, 0) is 26.4 Å². The molecule has 0 spiro atoms. The molecule has 1 unspecified atom stereocenters. The molecule has 1 atom stereocenters. The van der Waals surface area contributed by atoms with Crippen molar-refractivity contribution in [3.63, 3.8) is 0 Å². The van der Waals surface area contributed by atoms with Gasteiger partial charge in [0.2, 0.25) is 0 Å². The maximum atomic E-state index is 12.1. The molecule has 0 aliphatic carbocycles. The average molecular weight is 825 g/mol. The van der Waals surface area contributed by atoms with Crippen molar-refractivity contribution in [3.8, 4) is 0 Å². The van der Waals surface area contributed by atoms with Gasteiger partial charge < -0.3 is 4.55 Å². The zero-order chi connectivity index (χ0) is 39.5. The topological polar surface area (TPSA) is 112 Å². The maximum Gasteiger partial charge on any atom is 0.644 e. The molecule has 50 heavy (non-hydrogen) atoms. The first-order chi connectivity index (χ1) is 22.4. The van der Waals surface area contributed by atoms with E-state index in [-0.39, 0.29) is 5.41 Å². The van der Waals surface area contributed by atoms with Gasteiger partial charge >= 0.3 is 42.4 Å². The lowest BCUT2D eigenvalue weighted by atomic mass is 9.67. The van der Waals surface area contributed by atoms with Crippen LogP contribution in [0.15, 0.2) is 91.0 Å². The highest BCUT2D eigenvalue weighted by molar-refractivity contribution is 7.80. The number of halogens is 14. The molecule has 6 nitrogen and oxygen atoms in total. The van der Waals surface area contributed by atoms with Crippen molar-refractivity contribution in [3.05, 3.63) is 108 Å². The molecule has 0 amide bonds. The third kappa shape index (κ3) is 13.8. The Balaban J connectivity index is 0.000000778. The fourth-order valence-corrected chi connectivity index (χ4v) is 4.66. The molecule has 0 aromatic heterocycles. The molecule has 0 saturated carbocycles. The monoisotopic (exact) mass is 824 g/mol. The Hall–Kier alpha value is -2.64. The molecular formula is C26H24F14O6P2S2. The highest BCUT2D eigenvalue weighted by Crippen LogP contribution is 2.80. The molecule has 3 aromatic carbocycles. The quantitative estimate of drug-likeness (QED) is 0.0757. The summed E-state index contributed by atoms with van der Waals surface area (Å²) in [6, 6.07) is 32.8. The molecule has 3 aromatic rings. The van der Waals surface area contributed by atoms with Gasteiger partial charge in [0, 0.05) is 18.0 Å². The molecule has 1 N–H and O–H groups in total. The van der Waals surface area contributed by atoms with E-state index >= 15 is 0 Å². The van der Waals surface area contributed by atoms with Crippen molar-refractivity contribution in [2.24, 2.45) is 0 Å². The summed E-state index contributed by atoms with van der Waals surface area (Å²) in [4.78, 5) is 0. The Morgan fingerprint density at radius 2 is 0.880 bits per heavy atom. The summed E-state index contributed by atoms with van der Waals surface area (Å²) in [7, 11) is -16.2. The molecule has 0 aliphatic rings. The van der Waals surface area contributed by atoms with Crippen molar-refractivity contribution in [1.29, 1.82) is 0 Å². The number of hydrogen-bond donors (Lipinski definition) is 1. The van der Waals surface area contributed by atoms with Crippen molar-refractivity contribution in [1.82, 2.24) is 0 Å². The van der Waals surface area contributed by atoms with E-state index in [0.29, 0.717) is 0 Å². The molecule has 0 saturated heterocycles. The third-order valence-corrected chi connectivity index (χ3v) is 7.33. The summed E-state index contributed by atoms with van der Waals surface area (Å²) < 4.78 is 209. The summed E-state index contributed by atoms with van der Waals surface area (Å²) >= 11 is 0. The Morgan fingerprint density at radius 1 is 0.620 bits per heavy atom. The molecule has 0 aliphatic heterocycles. The van der Waals surface area contributed by atoms with E-state index in [0.717, 1.165) is 12.6 Å². The fourth-order valence-electron chi connectivity index (χ4n) is 3.99. The van der Waals surface area contributed by atoms with Crippen LogP contribution in [0.3, 0.4) is 0 Å². The number of benzene rings is 3. The van der Waals surface area contributed by atoms with Gasteiger partial charge in [-0.25, -0.2) is 8.42 Å². The van der Waals surface area contributed by atoms with Crippen molar-refractivity contribution in [2.45, 2.75) is 41.9 Å². The average Bonchev–Trinajstić information content (AvgIpc) is 2.96. The first kappa shape index (κ1) is 47.4. The Bertz CT molecular complexity index is 1490. The van der Waals surface area contributed by atoms with E-state index in [9.17, 15) is 59.9 Å². The van der Waals surface area contributed by atoms with E-state index in [4.69, 9.17) is 25.9 Å². The van der Waals surface area contributed by atoms with Gasteiger partial charge in [0.15, 0.2) is 0 Å². The minimum Gasteiger partial charge on any atom is -0.722 e. The summed E-state index contributed by atoms with van der Waals surface area (Å²) in [6.07, 6.45) is -3.85. The van der Waals surface area contributed by atoms with Gasteiger partial charge in [0.25, 0.3) is 10.5 Å². The Morgan fingerprint density at radius 3 is 1.08 bits per heavy atom. The minimum atomic E-state index is -8.47. The van der Waals surface area contributed by atoms with E-state index in [1.165, 1.54) is 23.1 Å². The molecule has 0 fully saturated rings. The number of hydrogen-bond acceptors (Lipinski definition) is 5. The highest BCUT2D eigenvalue weighted by Gasteiger charge is 2.94. The molecule has 0 bridgehead atoms. The van der Waals surface area contributed by atoms with Crippen LogP contribution in [0.4, 0.5) is 59.9 Å². The zero-order valence-corrected chi connectivity index (χ0v) is 28.1. The van der Waals surface area contributed by atoms with Gasteiger partial charge in [-0.15, -0.1) is 13.1 Å². The van der Waals surface area contributed by atoms with Crippen LogP contribution in [0.1, 0.15) is 29.5 Å². The normalized spacial score (nSPS) is 13.1. The molecule has 0 heterocycles. The fraction of sp³-hybridized carbons (Fsp3) is 0.308. The van der Waals surface area contributed by atoms with Crippen LogP contribution in [0.25, 0.3) is 0 Å². The van der Waals surface area contributed by atoms with Gasteiger partial charge in [0.05, 0.1) is 0 Å². The summed E-state index contributed by atoms with van der Waals surface area (Å²) in [5.74, 6) is -15.1. The molecule has 24 heteroatoms. The van der Waals surface area contributed by atoms with E-state index in [1.54, 1.807) is 0 Å². The maximum absolute atomic E-state index is 12.1. The smallest absolute Gasteiger partial charge is 0.644 e. The number of alkyl halides is 9. The van der Waals surface area contributed by atoms with E-state index in [2.05, 4.69) is 100 Å². The predicted octanol–water partition coefficient (Wildman–Crippen LogP) is 9.93. The number of rotatable bonds is 9. The van der Waals surface area contributed by atoms with Gasteiger partial charge in [-0.3, -0.25) is 4.55 Å². The molecular weight excluding hydrogens is 800 g/mol. The highest BCUT2D eigenvalue weighted by atomic mass is 32.3. The van der Waals surface area contributed by atoms with Crippen LogP contribution >= 0.6 is 17.4 Å². The summed E-state index contributed by atoms with van der Waals surface area (Å²) in [5.41, 5.74) is -3.39. The van der Waals surface area contributed by atoms with Crippen LogP contribution < -0.4 is 0 Å². The molecule has 284 valence electrons. The van der Waals surface area contributed by atoms with Gasteiger partial charge in [-0.2, -0.15) is 47.9 Å². The van der Waals surface area contributed by atoms with E-state index in [1.807, 2.05) is 0 Å². The SMILES string of the molecule is FC(F)(F)C(F)(F)C(F)(F)C(F)(F)[P+](F)(F)F.O=S(=O)(O)F.O=S(=O)([O-])F.PCCCC(c1ccccc1)(c1ccccc1)c1ccccc1. The zero-order valence-electron chi connectivity index (χ0n) is 24.4. The first-order valence-corrected chi connectivity index (χ1v) is 17.7. The summed E-state index contributed by atoms with van der Waals surface area (Å²) in [6.45, 7) is 0. The van der Waals surface area contributed by atoms with Crippen molar-refractivity contribution in [2.75, 3.05) is 6.16 Å². The lowest BCUT2D eigenvalue weighted by Crippen LogP contribution is -2.60. The van der Waals surface area contributed by atoms with Crippen molar-refractivity contribution < 1.29 is 85.8 Å². The van der Waals surface area contributed by atoms with Crippen LogP contribution in [0.2, 0.25) is 0 Å². The minimum absolute atomic E-state index is 0.0830. The predicted molar refractivity (Wildman–Crippen MR) is 158 cm³/mol. The molecule has 0 radical (unpaired) electrons. The Kier molecular flexibility index (Phi) is 17.3. The van der Waals surface area contributed by atoms with Gasteiger partial charge in [0.1, 0.15) is 0 Å². The Labute approximate surface area is 279 Å². The third-order valence-electron chi connectivity index (χ3n) is 6.00. The molecule has 3 rings (SSSR count). The second-order valence-electron chi connectivity index (χ2n) is 9.33. The van der Waals surface area contributed by atoms with E-state index < -0.39 is 52.9 Å². The van der Waals surface area contributed by atoms with Crippen LogP contribution in [0, 0.1) is 0 Å². The lowest BCUT2D eigenvalue weighted by Gasteiger charge is -2.36. The lowest BCUT2D eigenvalue weighted by molar-refractivity contribution is -0.383. The van der Waals surface area contributed by atoms with Crippen LogP contribution in [0.5, 0.6) is 0 Å². The standard InChI is InChI=1S/C22H23P.C4F12P.2FHO3S/c23-18-10-17-22(19-11-4-1-5-12-19,20-13-6-2-7-14-20)21-15-8-3-9-16-21;5-1(6,3(9,10)11)2(7,8)4(12,13)17(14,15)16;2*1-5(2,3)4/h1-9,11-16H,10,17-18,23H2;;2*(H,2,3,4)/q;+1;;/p-1. The van der Waals surface area contributed by atoms with Crippen LogP contribution in [-0.4, -0.2) is 55.8 Å². The second kappa shape index (κ2) is 18.2.